The first-order chi connectivity index (χ1) is 7.00. The highest BCUT2D eigenvalue weighted by Gasteiger charge is 2.16. The Morgan fingerprint density at radius 2 is 2.27 bits per heavy atom. The Morgan fingerprint density at radius 1 is 1.60 bits per heavy atom. The highest BCUT2D eigenvalue weighted by Crippen LogP contribution is 2.14. The average Bonchev–Trinajstić information content (AvgIpc) is 2.51. The topological polar surface area (TPSA) is 83.6 Å². The van der Waals surface area contributed by atoms with Gasteiger partial charge in [-0.25, -0.2) is 0 Å². The van der Waals surface area contributed by atoms with Crippen molar-refractivity contribution in [3.05, 3.63) is 11.8 Å². The summed E-state index contributed by atoms with van der Waals surface area (Å²) >= 11 is 0. The molecule has 0 unspecified atom stereocenters. The third-order valence-corrected chi connectivity index (χ3v) is 1.82. The number of carboxylic acids is 1. The van der Waals surface area contributed by atoms with E-state index in [9.17, 15) is 9.59 Å². The van der Waals surface area contributed by atoms with E-state index in [1.54, 1.807) is 13.0 Å². The van der Waals surface area contributed by atoms with Gasteiger partial charge in [0.25, 0.3) is 0 Å². The van der Waals surface area contributed by atoms with E-state index in [-0.39, 0.29) is 18.9 Å². The minimum atomic E-state index is -0.957. The van der Waals surface area contributed by atoms with E-state index in [0.717, 1.165) is 0 Å². The Hall–Kier alpha value is -1.85. The molecule has 15 heavy (non-hydrogen) atoms. The van der Waals surface area contributed by atoms with E-state index in [0.29, 0.717) is 11.6 Å². The van der Waals surface area contributed by atoms with E-state index in [1.165, 1.54) is 11.8 Å². The second kappa shape index (κ2) is 4.59. The predicted molar refractivity (Wildman–Crippen MR) is 51.5 cm³/mol. The molecule has 6 nitrogen and oxygen atoms in total. The molecule has 0 radical (unpaired) electrons. The second-order valence-electron chi connectivity index (χ2n) is 3.11. The van der Waals surface area contributed by atoms with Gasteiger partial charge in [-0.15, -0.1) is 0 Å². The van der Waals surface area contributed by atoms with E-state index in [4.69, 9.17) is 9.63 Å². The van der Waals surface area contributed by atoms with Crippen LogP contribution < -0.4 is 4.90 Å². The first-order valence-electron chi connectivity index (χ1n) is 4.44. The van der Waals surface area contributed by atoms with Crippen molar-refractivity contribution in [1.82, 2.24) is 5.16 Å². The molecule has 1 rings (SSSR count). The van der Waals surface area contributed by atoms with Crippen molar-refractivity contribution in [1.29, 1.82) is 0 Å². The molecule has 1 heterocycles. The number of nitrogens with zero attached hydrogens (tertiary/aromatic N) is 2. The molecule has 0 bridgehead atoms. The van der Waals surface area contributed by atoms with Gasteiger partial charge < -0.3 is 9.63 Å². The van der Waals surface area contributed by atoms with Gasteiger partial charge >= 0.3 is 5.97 Å². The fourth-order valence-corrected chi connectivity index (χ4v) is 1.12. The van der Waals surface area contributed by atoms with Crippen molar-refractivity contribution in [2.75, 3.05) is 11.4 Å². The number of carbonyl (C=O) groups excluding carboxylic acids is 1. The maximum absolute atomic E-state index is 11.2. The molecule has 0 saturated heterocycles. The Labute approximate surface area is 86.5 Å². The maximum atomic E-state index is 11.2. The highest BCUT2D eigenvalue weighted by atomic mass is 16.5. The lowest BCUT2D eigenvalue weighted by Gasteiger charge is -2.15. The molecule has 0 saturated carbocycles. The third-order valence-electron chi connectivity index (χ3n) is 1.82. The van der Waals surface area contributed by atoms with E-state index >= 15 is 0 Å². The molecule has 0 spiro atoms. The normalized spacial score (nSPS) is 10.0. The summed E-state index contributed by atoms with van der Waals surface area (Å²) in [4.78, 5) is 22.9. The van der Waals surface area contributed by atoms with Gasteiger partial charge in [-0.2, -0.15) is 0 Å². The van der Waals surface area contributed by atoms with Gasteiger partial charge in [0, 0.05) is 19.5 Å². The van der Waals surface area contributed by atoms with Crippen molar-refractivity contribution >= 4 is 17.7 Å². The van der Waals surface area contributed by atoms with Gasteiger partial charge in [-0.3, -0.25) is 14.5 Å². The van der Waals surface area contributed by atoms with Crippen LogP contribution in [-0.2, 0) is 9.59 Å². The number of hydrogen-bond donors (Lipinski definition) is 1. The number of carbonyl (C=O) groups is 2. The molecule has 0 aromatic carbocycles. The summed E-state index contributed by atoms with van der Waals surface area (Å²) in [6.45, 7) is 3.15. The van der Waals surface area contributed by atoms with Crippen LogP contribution in [0.25, 0.3) is 0 Å². The van der Waals surface area contributed by atoms with Gasteiger partial charge in [0.05, 0.1) is 6.42 Å². The lowest BCUT2D eigenvalue weighted by molar-refractivity contribution is -0.136. The summed E-state index contributed by atoms with van der Waals surface area (Å²) < 4.78 is 4.81. The summed E-state index contributed by atoms with van der Waals surface area (Å²) in [5, 5.41) is 12.2. The standard InChI is InChI=1S/C9H12N2O4/c1-6-5-8(10-15-6)11(7(2)12)4-3-9(13)14/h5H,3-4H2,1-2H3,(H,13,14). The molecule has 1 N–H and O–H groups in total. The second-order valence-corrected chi connectivity index (χ2v) is 3.11. The molecule has 0 aliphatic rings. The highest BCUT2D eigenvalue weighted by molar-refractivity contribution is 5.90. The zero-order valence-electron chi connectivity index (χ0n) is 8.56. The van der Waals surface area contributed by atoms with Crippen LogP contribution in [0.2, 0.25) is 0 Å². The van der Waals surface area contributed by atoms with Crippen molar-refractivity contribution < 1.29 is 19.2 Å². The van der Waals surface area contributed by atoms with Gasteiger partial charge in [-0.1, -0.05) is 5.16 Å². The molecular weight excluding hydrogens is 200 g/mol. The first kappa shape index (κ1) is 11.2. The van der Waals surface area contributed by atoms with Crippen molar-refractivity contribution in [2.24, 2.45) is 0 Å². The SMILES string of the molecule is CC(=O)N(CCC(=O)O)c1cc(C)on1. The molecule has 1 aromatic rings. The van der Waals surface area contributed by atoms with Crippen molar-refractivity contribution in [3.8, 4) is 0 Å². The molecule has 1 amide bonds. The molecule has 0 fully saturated rings. The Kier molecular flexibility index (Phi) is 3.43. The number of rotatable bonds is 4. The van der Waals surface area contributed by atoms with Gasteiger partial charge in [-0.05, 0) is 6.92 Å². The van der Waals surface area contributed by atoms with Gasteiger partial charge in [0.1, 0.15) is 5.76 Å². The maximum Gasteiger partial charge on any atom is 0.305 e. The number of aryl methyl sites for hydroxylation is 1. The molecule has 82 valence electrons. The summed E-state index contributed by atoms with van der Waals surface area (Å²) in [6.07, 6.45) is -0.120. The number of aromatic nitrogens is 1. The lowest BCUT2D eigenvalue weighted by Crippen LogP contribution is -2.31. The predicted octanol–water partition coefficient (Wildman–Crippen LogP) is 0.811. The number of hydrogen-bond acceptors (Lipinski definition) is 4. The van der Waals surface area contributed by atoms with Crippen LogP contribution in [0, 0.1) is 6.92 Å². The van der Waals surface area contributed by atoms with Crippen molar-refractivity contribution in [3.63, 3.8) is 0 Å². The zero-order valence-corrected chi connectivity index (χ0v) is 8.56. The zero-order chi connectivity index (χ0) is 11.4. The number of aliphatic carboxylic acids is 1. The van der Waals surface area contributed by atoms with Crippen LogP contribution in [-0.4, -0.2) is 28.7 Å². The summed E-state index contributed by atoms with van der Waals surface area (Å²) in [5.74, 6) is -0.293. The van der Waals surface area contributed by atoms with Crippen LogP contribution in [0.5, 0.6) is 0 Å². The molecular formula is C9H12N2O4. The fraction of sp³-hybridized carbons (Fsp3) is 0.444. The summed E-state index contributed by atoms with van der Waals surface area (Å²) in [5.41, 5.74) is 0. The largest absolute Gasteiger partial charge is 0.481 e. The average molecular weight is 212 g/mol. The van der Waals surface area contributed by atoms with Crippen molar-refractivity contribution in [2.45, 2.75) is 20.3 Å². The van der Waals surface area contributed by atoms with Crippen LogP contribution in [0.4, 0.5) is 5.82 Å². The minimum absolute atomic E-state index is 0.0939. The fourth-order valence-electron chi connectivity index (χ4n) is 1.12. The van der Waals surface area contributed by atoms with Crippen LogP contribution in [0.1, 0.15) is 19.1 Å². The smallest absolute Gasteiger partial charge is 0.305 e. The molecule has 1 aromatic heterocycles. The van der Waals surface area contributed by atoms with E-state index < -0.39 is 5.97 Å². The Bertz CT molecular complexity index is 372. The first-order valence-corrected chi connectivity index (χ1v) is 4.44. The van der Waals surface area contributed by atoms with Crippen LogP contribution in [0.3, 0.4) is 0 Å². The number of carboxylic acid groups (broad SMARTS) is 1. The third kappa shape index (κ3) is 3.08. The monoisotopic (exact) mass is 212 g/mol. The number of anilines is 1. The number of amides is 1. The minimum Gasteiger partial charge on any atom is -0.481 e. The molecule has 0 aliphatic carbocycles. The van der Waals surface area contributed by atoms with E-state index in [1.807, 2.05) is 0 Å². The van der Waals surface area contributed by atoms with Crippen LogP contribution >= 0.6 is 0 Å². The summed E-state index contributed by atoms with van der Waals surface area (Å²) in [7, 11) is 0. The quantitative estimate of drug-likeness (QED) is 0.798. The van der Waals surface area contributed by atoms with Gasteiger partial charge in [0.2, 0.25) is 5.91 Å². The summed E-state index contributed by atoms with van der Waals surface area (Å²) in [6, 6.07) is 1.59. The molecule has 0 atom stereocenters. The van der Waals surface area contributed by atoms with Crippen LogP contribution in [0.15, 0.2) is 10.6 Å². The Morgan fingerprint density at radius 3 is 2.67 bits per heavy atom. The van der Waals surface area contributed by atoms with E-state index in [2.05, 4.69) is 5.16 Å². The van der Waals surface area contributed by atoms with Gasteiger partial charge in [0.15, 0.2) is 5.82 Å². The molecule has 0 aliphatic heterocycles. The molecule has 6 heteroatoms. The Balaban J connectivity index is 2.74. The lowest BCUT2D eigenvalue weighted by atomic mass is 10.3.